The molecule has 0 bridgehead atoms. The molecule has 0 aliphatic carbocycles. The van der Waals surface area contributed by atoms with Crippen LogP contribution in [0, 0.1) is 0 Å². The number of morpholine rings is 2. The highest BCUT2D eigenvalue weighted by Crippen LogP contribution is 2.31. The Morgan fingerprint density at radius 2 is 2.00 bits per heavy atom. The van der Waals surface area contributed by atoms with E-state index in [0.717, 1.165) is 38.4 Å². The van der Waals surface area contributed by atoms with Crippen LogP contribution in [-0.4, -0.2) is 82.8 Å². The molecule has 0 aromatic carbocycles. The van der Waals surface area contributed by atoms with Gasteiger partial charge in [-0.1, -0.05) is 19.9 Å². The number of amides is 1. The number of pyridine rings is 1. The molecule has 2 fully saturated rings. The fraction of sp³-hybridized carbons (Fsp3) is 0.545. The van der Waals surface area contributed by atoms with Gasteiger partial charge in [-0.05, 0) is 17.7 Å². The topological polar surface area (TPSA) is 80.7 Å². The lowest BCUT2D eigenvalue weighted by atomic mass is 9.98. The van der Waals surface area contributed by atoms with Crippen molar-refractivity contribution in [2.45, 2.75) is 31.9 Å². The third-order valence-corrected chi connectivity index (χ3v) is 5.59. The summed E-state index contributed by atoms with van der Waals surface area (Å²) >= 11 is 0. The molecule has 2 atom stereocenters. The van der Waals surface area contributed by atoms with E-state index in [4.69, 9.17) is 9.47 Å². The maximum absolute atomic E-state index is 13.5. The number of ether oxygens (including phenoxy) is 2. The Bertz CT molecular complexity index is 842. The first kappa shape index (κ1) is 20.8. The number of aromatic nitrogens is 3. The molecule has 4 rings (SSSR count). The molecule has 30 heavy (non-hydrogen) atoms. The SMILES string of the molecule is CC(C)c1nccc(C(=O)N2CCO[C@@H](CN3CCOCC3)[C@@H]2c2cccnc2)n1. The van der Waals surface area contributed by atoms with Gasteiger partial charge in [0.1, 0.15) is 11.5 Å². The van der Waals surface area contributed by atoms with Gasteiger partial charge < -0.3 is 14.4 Å². The Hall–Kier alpha value is -2.42. The molecule has 1 amide bonds. The number of nitrogens with zero attached hydrogens (tertiary/aromatic N) is 5. The smallest absolute Gasteiger partial charge is 0.273 e. The largest absolute Gasteiger partial charge is 0.379 e. The van der Waals surface area contributed by atoms with Crippen molar-refractivity contribution in [3.05, 3.63) is 53.9 Å². The second kappa shape index (κ2) is 9.59. The summed E-state index contributed by atoms with van der Waals surface area (Å²) in [4.78, 5) is 30.9. The van der Waals surface area contributed by atoms with Gasteiger partial charge in [0.15, 0.2) is 0 Å². The standard InChI is InChI=1S/C22H29N5O3/c1-16(2)21-24-7-5-18(25-21)22(28)27-10-13-30-19(15-26-8-11-29-12-9-26)20(27)17-4-3-6-23-14-17/h3-7,14,16,19-20H,8-13,15H2,1-2H3/t19-,20-/m0/s1. The van der Waals surface area contributed by atoms with Crippen molar-refractivity contribution in [2.24, 2.45) is 0 Å². The highest BCUT2D eigenvalue weighted by atomic mass is 16.5. The third-order valence-electron chi connectivity index (χ3n) is 5.59. The van der Waals surface area contributed by atoms with E-state index in [1.165, 1.54) is 0 Å². The van der Waals surface area contributed by atoms with Crippen LogP contribution in [0.25, 0.3) is 0 Å². The Labute approximate surface area is 177 Å². The van der Waals surface area contributed by atoms with Gasteiger partial charge >= 0.3 is 0 Å². The summed E-state index contributed by atoms with van der Waals surface area (Å²) in [7, 11) is 0. The van der Waals surface area contributed by atoms with Crippen molar-refractivity contribution in [3.63, 3.8) is 0 Å². The van der Waals surface area contributed by atoms with Gasteiger partial charge in [-0.15, -0.1) is 0 Å². The summed E-state index contributed by atoms with van der Waals surface area (Å²) in [6.07, 6.45) is 5.10. The minimum atomic E-state index is -0.222. The Morgan fingerprint density at radius 3 is 2.73 bits per heavy atom. The van der Waals surface area contributed by atoms with Crippen molar-refractivity contribution in [3.8, 4) is 0 Å². The first-order valence-corrected chi connectivity index (χ1v) is 10.6. The average molecular weight is 412 g/mol. The van der Waals surface area contributed by atoms with E-state index in [9.17, 15) is 4.79 Å². The molecular weight excluding hydrogens is 382 g/mol. The van der Waals surface area contributed by atoms with Crippen molar-refractivity contribution in [1.82, 2.24) is 24.8 Å². The van der Waals surface area contributed by atoms with Gasteiger partial charge in [-0.3, -0.25) is 14.7 Å². The molecule has 0 spiro atoms. The zero-order valence-electron chi connectivity index (χ0n) is 17.6. The van der Waals surface area contributed by atoms with E-state index in [-0.39, 0.29) is 24.0 Å². The van der Waals surface area contributed by atoms with Crippen LogP contribution in [0.1, 0.15) is 47.7 Å². The number of hydrogen-bond donors (Lipinski definition) is 0. The lowest BCUT2D eigenvalue weighted by Gasteiger charge is -2.43. The van der Waals surface area contributed by atoms with Crippen LogP contribution < -0.4 is 0 Å². The molecule has 0 saturated carbocycles. The van der Waals surface area contributed by atoms with Crippen molar-refractivity contribution in [2.75, 3.05) is 46.0 Å². The van der Waals surface area contributed by atoms with Crippen LogP contribution in [-0.2, 0) is 9.47 Å². The molecule has 4 heterocycles. The number of carbonyl (C=O) groups excluding carboxylic acids is 1. The fourth-order valence-corrected chi connectivity index (χ4v) is 4.02. The summed E-state index contributed by atoms with van der Waals surface area (Å²) in [5.74, 6) is 0.742. The predicted molar refractivity (Wildman–Crippen MR) is 111 cm³/mol. The maximum Gasteiger partial charge on any atom is 0.273 e. The minimum Gasteiger partial charge on any atom is -0.379 e. The van der Waals surface area contributed by atoms with Crippen molar-refractivity contribution < 1.29 is 14.3 Å². The summed E-state index contributed by atoms with van der Waals surface area (Å²) < 4.78 is 11.7. The quantitative estimate of drug-likeness (QED) is 0.743. The van der Waals surface area contributed by atoms with Crippen LogP contribution in [0.5, 0.6) is 0 Å². The molecule has 8 heteroatoms. The van der Waals surface area contributed by atoms with Crippen molar-refractivity contribution >= 4 is 5.91 Å². The highest BCUT2D eigenvalue weighted by molar-refractivity contribution is 5.92. The first-order valence-electron chi connectivity index (χ1n) is 10.6. The molecule has 0 N–H and O–H groups in total. The van der Waals surface area contributed by atoms with Gasteiger partial charge in [0.05, 0.1) is 32.0 Å². The Kier molecular flexibility index (Phi) is 6.66. The van der Waals surface area contributed by atoms with Gasteiger partial charge in [-0.2, -0.15) is 0 Å². The normalized spacial score (nSPS) is 23.0. The van der Waals surface area contributed by atoms with E-state index in [1.807, 2.05) is 37.1 Å². The first-order chi connectivity index (χ1) is 14.6. The molecule has 2 aliphatic heterocycles. The highest BCUT2D eigenvalue weighted by Gasteiger charge is 2.38. The van der Waals surface area contributed by atoms with E-state index in [2.05, 4.69) is 19.9 Å². The van der Waals surface area contributed by atoms with E-state index < -0.39 is 0 Å². The molecule has 0 unspecified atom stereocenters. The maximum atomic E-state index is 13.5. The summed E-state index contributed by atoms with van der Waals surface area (Å²) in [5, 5.41) is 0. The second-order valence-electron chi connectivity index (χ2n) is 8.01. The van der Waals surface area contributed by atoms with Gasteiger partial charge in [0, 0.05) is 50.7 Å². The second-order valence-corrected chi connectivity index (χ2v) is 8.01. The number of hydrogen-bond acceptors (Lipinski definition) is 7. The molecule has 160 valence electrons. The Balaban J connectivity index is 1.62. The van der Waals surface area contributed by atoms with Gasteiger partial charge in [0.25, 0.3) is 5.91 Å². The third kappa shape index (κ3) is 4.66. The van der Waals surface area contributed by atoms with E-state index in [1.54, 1.807) is 18.5 Å². The predicted octanol–water partition coefficient (Wildman–Crippen LogP) is 1.91. The zero-order chi connectivity index (χ0) is 20.9. The van der Waals surface area contributed by atoms with Crippen LogP contribution in [0.15, 0.2) is 36.8 Å². The number of rotatable bonds is 5. The number of carbonyl (C=O) groups is 1. The van der Waals surface area contributed by atoms with Crippen LogP contribution in [0.4, 0.5) is 0 Å². The molecule has 0 radical (unpaired) electrons. The lowest BCUT2D eigenvalue weighted by Crippen LogP contribution is -2.53. The van der Waals surface area contributed by atoms with Crippen LogP contribution in [0.2, 0.25) is 0 Å². The van der Waals surface area contributed by atoms with Crippen LogP contribution >= 0.6 is 0 Å². The molecule has 2 aromatic rings. The zero-order valence-corrected chi connectivity index (χ0v) is 17.6. The van der Waals surface area contributed by atoms with Crippen molar-refractivity contribution in [1.29, 1.82) is 0 Å². The monoisotopic (exact) mass is 411 g/mol. The molecule has 8 nitrogen and oxygen atoms in total. The summed E-state index contributed by atoms with van der Waals surface area (Å²) in [5.41, 5.74) is 1.40. The average Bonchev–Trinajstić information content (AvgIpc) is 2.80. The molecule has 2 aliphatic rings. The Morgan fingerprint density at radius 1 is 1.17 bits per heavy atom. The fourth-order valence-electron chi connectivity index (χ4n) is 4.02. The molecule has 2 saturated heterocycles. The molecule has 2 aromatic heterocycles. The van der Waals surface area contributed by atoms with Crippen LogP contribution in [0.3, 0.4) is 0 Å². The lowest BCUT2D eigenvalue weighted by molar-refractivity contribution is -0.0820. The minimum absolute atomic E-state index is 0.0940. The summed E-state index contributed by atoms with van der Waals surface area (Å²) in [6, 6.07) is 5.39. The summed E-state index contributed by atoms with van der Waals surface area (Å²) in [6.45, 7) is 9.00. The van der Waals surface area contributed by atoms with E-state index >= 15 is 0 Å². The molecular formula is C22H29N5O3. The van der Waals surface area contributed by atoms with Gasteiger partial charge in [0.2, 0.25) is 0 Å². The van der Waals surface area contributed by atoms with Gasteiger partial charge in [-0.25, -0.2) is 9.97 Å². The van der Waals surface area contributed by atoms with E-state index in [0.29, 0.717) is 24.7 Å².